The number of hydrogen-bond donors (Lipinski definition) is 0. The second-order valence-corrected chi connectivity index (χ2v) is 8.95. The van der Waals surface area contributed by atoms with Crippen LogP contribution in [0.4, 0.5) is 0 Å². The van der Waals surface area contributed by atoms with E-state index in [0.29, 0.717) is 12.0 Å². The Morgan fingerprint density at radius 1 is 1.11 bits per heavy atom. The van der Waals surface area contributed by atoms with Crippen molar-refractivity contribution in [1.82, 2.24) is 4.90 Å². The van der Waals surface area contributed by atoms with Crippen LogP contribution in [0.25, 0.3) is 6.08 Å². The van der Waals surface area contributed by atoms with Gasteiger partial charge in [0.15, 0.2) is 0 Å². The maximum absolute atomic E-state index is 6.13. The molecule has 28 heavy (non-hydrogen) atoms. The Kier molecular flexibility index (Phi) is 4.76. The molecule has 5 rings (SSSR count). The molecule has 2 aromatic carbocycles. The molecule has 1 heterocycles. The fourth-order valence-electron chi connectivity index (χ4n) is 6.16. The second kappa shape index (κ2) is 7.40. The molecule has 2 fully saturated rings. The number of hydrogen-bond acceptors (Lipinski definition) is 2. The number of ether oxygens (including phenoxy) is 1. The Hall–Kier alpha value is -2.06. The predicted octanol–water partition coefficient (Wildman–Crippen LogP) is 5.47. The first-order valence-corrected chi connectivity index (χ1v) is 10.9. The highest BCUT2D eigenvalue weighted by molar-refractivity contribution is 5.49. The van der Waals surface area contributed by atoms with E-state index in [1.54, 1.807) is 11.1 Å². The monoisotopic (exact) mass is 373 g/mol. The molecule has 146 valence electrons. The van der Waals surface area contributed by atoms with Gasteiger partial charge in [-0.05, 0) is 80.1 Å². The van der Waals surface area contributed by atoms with E-state index >= 15 is 0 Å². The summed E-state index contributed by atoms with van der Waals surface area (Å²) in [7, 11) is 2.34. The molecule has 0 unspecified atom stereocenters. The van der Waals surface area contributed by atoms with E-state index in [4.69, 9.17) is 4.74 Å². The minimum absolute atomic E-state index is 0.405. The van der Waals surface area contributed by atoms with Gasteiger partial charge in [-0.1, -0.05) is 55.3 Å². The zero-order valence-corrected chi connectivity index (χ0v) is 16.9. The van der Waals surface area contributed by atoms with E-state index in [1.807, 2.05) is 6.07 Å². The zero-order chi connectivity index (χ0) is 19.0. The lowest BCUT2D eigenvalue weighted by molar-refractivity contribution is 0.00272. The highest BCUT2D eigenvalue weighted by Gasteiger charge is 2.53. The van der Waals surface area contributed by atoms with E-state index < -0.39 is 0 Å². The number of piperidine rings is 1. The van der Waals surface area contributed by atoms with Crippen molar-refractivity contribution in [2.24, 2.45) is 5.92 Å². The quantitative estimate of drug-likeness (QED) is 0.705. The van der Waals surface area contributed by atoms with Crippen LogP contribution in [0.2, 0.25) is 0 Å². The number of likely N-dealkylation sites (N-methyl/N-ethyl adjacent to an activating group) is 1. The third kappa shape index (κ3) is 3.08. The van der Waals surface area contributed by atoms with Crippen LogP contribution >= 0.6 is 0 Å². The van der Waals surface area contributed by atoms with Crippen molar-refractivity contribution in [3.63, 3.8) is 0 Å². The van der Waals surface area contributed by atoms with Crippen molar-refractivity contribution in [2.75, 3.05) is 20.2 Å². The third-order valence-electron chi connectivity index (χ3n) is 7.54. The molecule has 2 aromatic rings. The smallest absolute Gasteiger partial charge is 0.120 e. The lowest BCUT2D eigenvalue weighted by atomic mass is 9.52. The molecule has 0 radical (unpaired) electrons. The average Bonchev–Trinajstić information content (AvgIpc) is 2.75. The van der Waals surface area contributed by atoms with Crippen LogP contribution in [-0.4, -0.2) is 31.1 Å². The van der Waals surface area contributed by atoms with Gasteiger partial charge in [0.2, 0.25) is 0 Å². The molecule has 2 aliphatic carbocycles. The summed E-state index contributed by atoms with van der Waals surface area (Å²) in [5.74, 6) is 1.87. The summed E-state index contributed by atoms with van der Waals surface area (Å²) in [6, 6.07) is 18.1. The fourth-order valence-corrected chi connectivity index (χ4v) is 6.16. The van der Waals surface area contributed by atoms with Crippen LogP contribution in [0, 0.1) is 5.92 Å². The van der Waals surface area contributed by atoms with Gasteiger partial charge in [0.25, 0.3) is 0 Å². The highest BCUT2D eigenvalue weighted by atomic mass is 16.5. The molecular weight excluding hydrogens is 342 g/mol. The number of rotatable bonds is 4. The molecule has 0 spiro atoms. The molecule has 1 saturated carbocycles. The van der Waals surface area contributed by atoms with E-state index in [9.17, 15) is 0 Å². The van der Waals surface area contributed by atoms with Crippen molar-refractivity contribution in [2.45, 2.75) is 50.0 Å². The molecule has 0 N–H and O–H groups in total. The van der Waals surface area contributed by atoms with Crippen molar-refractivity contribution in [3.8, 4) is 5.75 Å². The van der Waals surface area contributed by atoms with Gasteiger partial charge in [-0.3, -0.25) is 0 Å². The average molecular weight is 374 g/mol. The molecule has 0 aromatic heterocycles. The zero-order valence-electron chi connectivity index (χ0n) is 16.9. The number of fused-ring (bicyclic) bond motifs is 1. The predicted molar refractivity (Wildman–Crippen MR) is 116 cm³/mol. The Balaban J connectivity index is 1.37. The first-order valence-electron chi connectivity index (χ1n) is 10.9. The van der Waals surface area contributed by atoms with Crippen molar-refractivity contribution in [3.05, 3.63) is 71.3 Å². The van der Waals surface area contributed by atoms with Crippen molar-refractivity contribution < 1.29 is 4.74 Å². The molecule has 3 atom stereocenters. The molecular formula is C26H31NO. The number of benzene rings is 2. The molecule has 3 aliphatic rings. The van der Waals surface area contributed by atoms with Gasteiger partial charge in [-0.25, -0.2) is 0 Å². The molecule has 2 heteroatoms. The minimum Gasteiger partial charge on any atom is -0.490 e. The number of nitrogens with zero attached hydrogens (tertiary/aromatic N) is 1. The number of likely N-dealkylation sites (tertiary alicyclic amines) is 1. The van der Waals surface area contributed by atoms with Crippen LogP contribution in [0.15, 0.2) is 54.6 Å². The molecule has 2 bridgehead atoms. The lowest BCUT2D eigenvalue weighted by Crippen LogP contribution is -2.59. The second-order valence-electron chi connectivity index (χ2n) is 8.95. The van der Waals surface area contributed by atoms with Gasteiger partial charge in [-0.2, -0.15) is 0 Å². The Morgan fingerprint density at radius 3 is 2.89 bits per heavy atom. The Morgan fingerprint density at radius 2 is 2.00 bits per heavy atom. The third-order valence-corrected chi connectivity index (χ3v) is 7.54. The summed E-state index contributed by atoms with van der Waals surface area (Å²) >= 11 is 0. The van der Waals surface area contributed by atoms with E-state index in [0.717, 1.165) is 17.7 Å². The Labute approximate surface area is 169 Å². The minimum atomic E-state index is 0.405. The van der Waals surface area contributed by atoms with E-state index in [-0.39, 0.29) is 0 Å². The van der Waals surface area contributed by atoms with Crippen molar-refractivity contribution in [1.29, 1.82) is 0 Å². The summed E-state index contributed by atoms with van der Waals surface area (Å²) < 4.78 is 6.13. The lowest BCUT2D eigenvalue weighted by Gasteiger charge is -2.58. The molecule has 0 amide bonds. The van der Waals surface area contributed by atoms with Crippen molar-refractivity contribution >= 4 is 6.08 Å². The summed E-state index contributed by atoms with van der Waals surface area (Å²) in [5.41, 5.74) is 4.81. The molecule has 1 aliphatic heterocycles. The fraction of sp³-hybridized carbons (Fsp3) is 0.462. The van der Waals surface area contributed by atoms with Crippen LogP contribution in [0.1, 0.15) is 48.8 Å². The van der Waals surface area contributed by atoms with Crippen LogP contribution < -0.4 is 4.74 Å². The first-order chi connectivity index (χ1) is 13.8. The van der Waals surface area contributed by atoms with E-state index in [1.165, 1.54) is 50.6 Å². The Bertz CT molecular complexity index is 858. The summed E-state index contributed by atoms with van der Waals surface area (Å²) in [5, 5.41) is 0. The van der Waals surface area contributed by atoms with Gasteiger partial charge in [0.1, 0.15) is 12.4 Å². The van der Waals surface area contributed by atoms with Crippen LogP contribution in [0.5, 0.6) is 5.75 Å². The van der Waals surface area contributed by atoms with Gasteiger partial charge >= 0.3 is 0 Å². The summed E-state index contributed by atoms with van der Waals surface area (Å²) in [6.45, 7) is 1.86. The van der Waals surface area contributed by atoms with Gasteiger partial charge < -0.3 is 9.64 Å². The summed E-state index contributed by atoms with van der Waals surface area (Å²) in [4.78, 5) is 2.63. The van der Waals surface area contributed by atoms with Crippen LogP contribution in [0.3, 0.4) is 0 Å². The summed E-state index contributed by atoms with van der Waals surface area (Å²) in [6.07, 6.45) is 12.3. The van der Waals surface area contributed by atoms with E-state index in [2.05, 4.69) is 66.6 Å². The normalized spacial score (nSPS) is 29.3. The largest absolute Gasteiger partial charge is 0.490 e. The topological polar surface area (TPSA) is 12.5 Å². The van der Waals surface area contributed by atoms with Crippen LogP contribution in [-0.2, 0) is 11.8 Å². The molecule has 1 saturated heterocycles. The van der Waals surface area contributed by atoms with Gasteiger partial charge in [0.05, 0.1) is 0 Å². The maximum Gasteiger partial charge on any atom is 0.120 e. The standard InChI is InChI=1S/C26H31NO/c1-27-16-15-26-14-6-5-11-23(26)25(27)18-21-12-13-22(19-24(21)26)28-17-7-10-20-8-3-2-4-9-20/h2-4,7-10,12-13,19,23,25H,5-6,11,14-18H2,1H3/b10-7+/t23-,25+,26+/m0/s1. The highest BCUT2D eigenvalue weighted by Crippen LogP contribution is 2.55. The van der Waals surface area contributed by atoms with Gasteiger partial charge in [0, 0.05) is 11.5 Å². The van der Waals surface area contributed by atoms with Gasteiger partial charge in [-0.15, -0.1) is 0 Å². The SMILES string of the molecule is CN1CC[C@]23CCCC[C@H]2[C@H]1Cc1ccc(OC/C=C/c2ccccc2)cc13. The maximum atomic E-state index is 6.13. The first kappa shape index (κ1) is 18.0. The molecule has 2 nitrogen and oxygen atoms in total.